The molecule has 1 aromatic rings. The van der Waals surface area contributed by atoms with Crippen LogP contribution in [-0.2, 0) is 9.53 Å². The van der Waals surface area contributed by atoms with Crippen LogP contribution in [0, 0.1) is 0 Å². The smallest absolute Gasteiger partial charge is 0.307 e. The normalized spacial score (nSPS) is 12.9. The number of thiocarbonyl (C=S) groups is 1. The molecule has 2 rings (SSSR count). The maximum Gasteiger partial charge on any atom is 0.307 e. The van der Waals surface area contributed by atoms with Gasteiger partial charge in [-0.3, -0.25) is 24.1 Å². The minimum Gasteiger partial charge on any atom is -0.492 e. The molecule has 1 aliphatic rings. The lowest BCUT2D eigenvalue weighted by molar-refractivity contribution is -0.142. The molecule has 9 nitrogen and oxygen atoms in total. The van der Waals surface area contributed by atoms with Crippen molar-refractivity contribution in [2.75, 3.05) is 39.1 Å². The van der Waals surface area contributed by atoms with Crippen molar-refractivity contribution in [3.8, 4) is 5.75 Å². The number of rotatable bonds is 11. The van der Waals surface area contributed by atoms with Gasteiger partial charge in [-0.2, -0.15) is 0 Å². The highest BCUT2D eigenvalue weighted by atomic mass is 32.2. The van der Waals surface area contributed by atoms with Gasteiger partial charge in [0.1, 0.15) is 10.1 Å². The van der Waals surface area contributed by atoms with Gasteiger partial charge < -0.3 is 20.1 Å². The third-order valence-corrected chi connectivity index (χ3v) is 6.15. The Balaban J connectivity index is 2.43. The first-order chi connectivity index (χ1) is 15.8. The Morgan fingerprint density at radius 1 is 1.15 bits per heavy atom. The SMILES string of the molecule is CCCCOc1c(C(=O)NC)cc(C(=O)NCCC(=O)OCC)cc1C(=O)N1CCSC1=S. The van der Waals surface area contributed by atoms with Gasteiger partial charge in [-0.1, -0.05) is 37.3 Å². The third-order valence-electron chi connectivity index (χ3n) is 4.72. The number of esters is 1. The maximum atomic E-state index is 13.3. The van der Waals surface area contributed by atoms with Crippen LogP contribution in [0.15, 0.2) is 12.1 Å². The van der Waals surface area contributed by atoms with Crippen molar-refractivity contribution in [2.45, 2.75) is 33.1 Å². The lowest BCUT2D eigenvalue weighted by Gasteiger charge is -2.20. The molecule has 180 valence electrons. The molecule has 0 radical (unpaired) electrons. The summed E-state index contributed by atoms with van der Waals surface area (Å²) in [6, 6.07) is 2.79. The molecule has 0 atom stereocenters. The largest absolute Gasteiger partial charge is 0.492 e. The molecule has 2 N–H and O–H groups in total. The molecule has 3 amide bonds. The molecular weight excluding hydrogens is 466 g/mol. The molecular formula is C22H29N3O6S2. The Labute approximate surface area is 202 Å². The fourth-order valence-electron chi connectivity index (χ4n) is 3.03. The highest BCUT2D eigenvalue weighted by Gasteiger charge is 2.31. The summed E-state index contributed by atoms with van der Waals surface area (Å²) in [5, 5.41) is 5.15. The second-order valence-corrected chi connectivity index (χ2v) is 8.79. The van der Waals surface area contributed by atoms with E-state index in [9.17, 15) is 19.2 Å². The highest BCUT2D eigenvalue weighted by Crippen LogP contribution is 2.30. The summed E-state index contributed by atoms with van der Waals surface area (Å²) >= 11 is 6.68. The van der Waals surface area contributed by atoms with Crippen LogP contribution in [0.1, 0.15) is 64.2 Å². The van der Waals surface area contributed by atoms with Crippen molar-refractivity contribution in [3.63, 3.8) is 0 Å². The zero-order chi connectivity index (χ0) is 24.4. The zero-order valence-electron chi connectivity index (χ0n) is 19.0. The predicted molar refractivity (Wildman–Crippen MR) is 130 cm³/mol. The molecule has 1 aliphatic heterocycles. The minimum absolute atomic E-state index is 0.00511. The summed E-state index contributed by atoms with van der Waals surface area (Å²) < 4.78 is 11.2. The number of nitrogens with one attached hydrogen (secondary N) is 2. The second kappa shape index (κ2) is 13.1. The first-order valence-electron chi connectivity index (χ1n) is 10.8. The van der Waals surface area contributed by atoms with E-state index in [0.29, 0.717) is 23.2 Å². The number of hydrogen-bond donors (Lipinski definition) is 2. The van der Waals surface area contributed by atoms with Crippen LogP contribution in [0.3, 0.4) is 0 Å². The van der Waals surface area contributed by atoms with Crippen LogP contribution in [0.5, 0.6) is 5.75 Å². The van der Waals surface area contributed by atoms with Gasteiger partial charge in [0, 0.05) is 31.5 Å². The van der Waals surface area contributed by atoms with Crippen LogP contribution in [0.25, 0.3) is 0 Å². The number of unbranched alkanes of at least 4 members (excludes halogenated alkanes) is 1. The maximum absolute atomic E-state index is 13.3. The van der Waals surface area contributed by atoms with E-state index < -0.39 is 23.7 Å². The number of nitrogens with zero attached hydrogens (tertiary/aromatic N) is 1. The van der Waals surface area contributed by atoms with E-state index in [0.717, 1.165) is 12.8 Å². The van der Waals surface area contributed by atoms with E-state index in [4.69, 9.17) is 21.7 Å². The second-order valence-electron chi connectivity index (χ2n) is 7.06. The summed E-state index contributed by atoms with van der Waals surface area (Å²) in [5.74, 6) is -1.09. The predicted octanol–water partition coefficient (Wildman–Crippen LogP) is 2.38. The van der Waals surface area contributed by atoms with Crippen LogP contribution in [-0.4, -0.2) is 72.0 Å². The van der Waals surface area contributed by atoms with Gasteiger partial charge in [0.2, 0.25) is 0 Å². The average molecular weight is 496 g/mol. The van der Waals surface area contributed by atoms with E-state index in [2.05, 4.69) is 10.6 Å². The Hall–Kier alpha value is -2.66. The molecule has 0 aliphatic carbocycles. The molecule has 1 saturated heterocycles. The van der Waals surface area contributed by atoms with Gasteiger partial charge in [0.25, 0.3) is 17.7 Å². The topological polar surface area (TPSA) is 114 Å². The number of thioether (sulfide) groups is 1. The van der Waals surface area contributed by atoms with Gasteiger partial charge in [0.15, 0.2) is 0 Å². The molecule has 0 saturated carbocycles. The zero-order valence-corrected chi connectivity index (χ0v) is 20.7. The molecule has 1 fully saturated rings. The standard InChI is InChI=1S/C22H29N3O6S2/c1-4-6-10-31-18-15(20(28)23-3)12-14(19(27)24-8-7-17(26)30-5-2)13-16(18)21(29)25-9-11-33-22(25)32/h12-13H,4-11H2,1-3H3,(H,23,28)(H,24,27). The van der Waals surface area contributed by atoms with Crippen molar-refractivity contribution >= 4 is 52.0 Å². The van der Waals surface area contributed by atoms with Gasteiger partial charge in [-0.25, -0.2) is 0 Å². The molecule has 0 aromatic heterocycles. The summed E-state index contributed by atoms with van der Waals surface area (Å²) in [4.78, 5) is 51.7. The van der Waals surface area contributed by atoms with Crippen molar-refractivity contribution in [1.29, 1.82) is 0 Å². The van der Waals surface area contributed by atoms with E-state index in [1.54, 1.807) is 6.92 Å². The monoisotopic (exact) mass is 495 g/mol. The fourth-order valence-corrected chi connectivity index (χ4v) is 4.24. The lowest BCUT2D eigenvalue weighted by Crippen LogP contribution is -2.33. The quantitative estimate of drug-likeness (QED) is 0.273. The van der Waals surface area contributed by atoms with Crippen LogP contribution >= 0.6 is 24.0 Å². The van der Waals surface area contributed by atoms with Crippen molar-refractivity contribution in [3.05, 3.63) is 28.8 Å². The summed E-state index contributed by atoms with van der Waals surface area (Å²) in [5.41, 5.74) is 0.266. The molecule has 11 heteroatoms. The van der Waals surface area contributed by atoms with E-state index in [1.807, 2.05) is 6.92 Å². The van der Waals surface area contributed by atoms with E-state index in [-0.39, 0.29) is 42.0 Å². The average Bonchev–Trinajstić information content (AvgIpc) is 3.23. The number of hydrogen-bond acceptors (Lipinski definition) is 8. The number of benzene rings is 1. The molecule has 1 aromatic carbocycles. The number of carbonyl (C=O) groups is 4. The van der Waals surface area contributed by atoms with Crippen molar-refractivity contribution in [2.24, 2.45) is 0 Å². The summed E-state index contributed by atoms with van der Waals surface area (Å²) in [7, 11) is 1.46. The first kappa shape index (κ1) is 26.6. The Morgan fingerprint density at radius 3 is 2.48 bits per heavy atom. The first-order valence-corrected chi connectivity index (χ1v) is 12.2. The van der Waals surface area contributed by atoms with Crippen LogP contribution in [0.4, 0.5) is 0 Å². The van der Waals surface area contributed by atoms with E-state index in [1.165, 1.54) is 35.8 Å². The lowest BCUT2D eigenvalue weighted by atomic mass is 10.0. The van der Waals surface area contributed by atoms with Crippen molar-refractivity contribution < 1.29 is 28.7 Å². The Kier molecular flexibility index (Phi) is 10.6. The molecule has 1 heterocycles. The van der Waals surface area contributed by atoms with Gasteiger partial charge in [-0.15, -0.1) is 0 Å². The number of carbonyl (C=O) groups excluding carboxylic acids is 4. The molecule has 0 spiro atoms. The minimum atomic E-state index is -0.531. The Morgan fingerprint density at radius 2 is 1.88 bits per heavy atom. The van der Waals surface area contributed by atoms with Crippen molar-refractivity contribution in [1.82, 2.24) is 15.5 Å². The van der Waals surface area contributed by atoms with Gasteiger partial charge in [0.05, 0.1) is 30.8 Å². The third kappa shape index (κ3) is 7.16. The van der Waals surface area contributed by atoms with Gasteiger partial charge >= 0.3 is 5.97 Å². The number of ether oxygens (including phenoxy) is 2. The van der Waals surface area contributed by atoms with Gasteiger partial charge in [-0.05, 0) is 25.5 Å². The summed E-state index contributed by atoms with van der Waals surface area (Å²) in [6.45, 7) is 4.75. The molecule has 0 unspecified atom stereocenters. The Bertz CT molecular complexity index is 922. The number of amides is 3. The van der Waals surface area contributed by atoms with Crippen LogP contribution < -0.4 is 15.4 Å². The van der Waals surface area contributed by atoms with Crippen LogP contribution in [0.2, 0.25) is 0 Å². The molecule has 33 heavy (non-hydrogen) atoms. The van der Waals surface area contributed by atoms with E-state index >= 15 is 0 Å². The molecule has 0 bridgehead atoms. The highest BCUT2D eigenvalue weighted by molar-refractivity contribution is 8.23. The summed E-state index contributed by atoms with van der Waals surface area (Å²) in [6.07, 6.45) is 1.60. The fraction of sp³-hybridized carbons (Fsp3) is 0.500.